The number of carbonyl (C=O) groups is 1. The van der Waals surface area contributed by atoms with Gasteiger partial charge in [0.25, 0.3) is 0 Å². The molecule has 0 spiro atoms. The average Bonchev–Trinajstić information content (AvgIpc) is 3.12. The van der Waals surface area contributed by atoms with Gasteiger partial charge in [-0.1, -0.05) is 19.1 Å². The van der Waals surface area contributed by atoms with E-state index in [1.54, 1.807) is 6.07 Å². The van der Waals surface area contributed by atoms with E-state index in [9.17, 15) is 9.90 Å². The van der Waals surface area contributed by atoms with Crippen LogP contribution in [0.4, 0.5) is 0 Å². The maximum absolute atomic E-state index is 11.6. The fraction of sp³-hybridized carbons (Fsp3) is 0.375. The second-order valence-electron chi connectivity index (χ2n) is 5.84. The van der Waals surface area contributed by atoms with Crippen molar-refractivity contribution in [1.29, 1.82) is 0 Å². The Morgan fingerprint density at radius 3 is 2.47 bits per heavy atom. The number of benzene rings is 1. The number of carboxylic acid groups (broad SMARTS) is 1. The van der Waals surface area contributed by atoms with Gasteiger partial charge in [-0.05, 0) is 43.9 Å². The Morgan fingerprint density at radius 2 is 1.89 bits per heavy atom. The van der Waals surface area contributed by atoms with Gasteiger partial charge in [0.1, 0.15) is 0 Å². The Balaban J connectivity index is 2.41. The molecule has 0 radical (unpaired) electrons. The van der Waals surface area contributed by atoms with Crippen molar-refractivity contribution in [3.8, 4) is 0 Å². The quantitative estimate of drug-likeness (QED) is 0.892. The number of nitrogens with zero attached hydrogens (tertiary/aromatic N) is 1. The summed E-state index contributed by atoms with van der Waals surface area (Å²) in [6.45, 7) is 6.08. The Bertz CT molecular complexity index is 699. The number of hydrogen-bond donors (Lipinski definition) is 1. The van der Waals surface area contributed by atoms with Crippen LogP contribution >= 0.6 is 0 Å². The van der Waals surface area contributed by atoms with Gasteiger partial charge in [0.15, 0.2) is 0 Å². The van der Waals surface area contributed by atoms with E-state index >= 15 is 0 Å². The first-order valence-electron chi connectivity index (χ1n) is 6.57. The van der Waals surface area contributed by atoms with Gasteiger partial charge in [-0.15, -0.1) is 0 Å². The molecule has 1 fully saturated rings. The van der Waals surface area contributed by atoms with Gasteiger partial charge >= 0.3 is 5.97 Å². The molecule has 0 unspecified atom stereocenters. The number of fused-ring (bicyclic) bond motifs is 1. The third-order valence-corrected chi connectivity index (χ3v) is 4.22. The van der Waals surface area contributed by atoms with Crippen molar-refractivity contribution < 1.29 is 9.90 Å². The van der Waals surface area contributed by atoms with Gasteiger partial charge in [0.2, 0.25) is 0 Å². The molecule has 1 saturated carbocycles. The summed E-state index contributed by atoms with van der Waals surface area (Å²) in [5.41, 5.74) is 4.23. The minimum absolute atomic E-state index is 0.0780. The van der Waals surface area contributed by atoms with E-state index in [1.165, 1.54) is 0 Å². The van der Waals surface area contributed by atoms with E-state index < -0.39 is 5.97 Å². The van der Waals surface area contributed by atoms with Crippen LogP contribution in [0.25, 0.3) is 10.9 Å². The topological polar surface area (TPSA) is 50.2 Å². The molecule has 3 nitrogen and oxygen atoms in total. The smallest absolute Gasteiger partial charge is 0.336 e. The van der Waals surface area contributed by atoms with Gasteiger partial charge in [-0.2, -0.15) is 0 Å². The summed E-state index contributed by atoms with van der Waals surface area (Å²) < 4.78 is 0. The van der Waals surface area contributed by atoms with Crippen molar-refractivity contribution in [2.45, 2.75) is 39.0 Å². The molecule has 1 aromatic carbocycles. The molecule has 19 heavy (non-hydrogen) atoms. The maximum Gasteiger partial charge on any atom is 0.336 e. The molecule has 2 aromatic rings. The number of rotatable bonds is 2. The molecular weight excluding hydrogens is 238 g/mol. The van der Waals surface area contributed by atoms with Gasteiger partial charge < -0.3 is 5.11 Å². The number of aromatic carboxylic acids is 1. The van der Waals surface area contributed by atoms with Crippen molar-refractivity contribution in [2.24, 2.45) is 0 Å². The average molecular weight is 255 g/mol. The second-order valence-corrected chi connectivity index (χ2v) is 5.84. The summed E-state index contributed by atoms with van der Waals surface area (Å²) in [6.07, 6.45) is 2.19. The number of pyridine rings is 1. The molecule has 1 aliphatic rings. The number of aromatic nitrogens is 1. The predicted octanol–water partition coefficient (Wildman–Crippen LogP) is 3.60. The highest BCUT2D eigenvalue weighted by molar-refractivity contribution is 6.04. The molecule has 0 amide bonds. The lowest BCUT2D eigenvalue weighted by atomic mass is 9.96. The summed E-state index contributed by atoms with van der Waals surface area (Å²) >= 11 is 0. The third-order valence-electron chi connectivity index (χ3n) is 4.22. The number of aryl methyl sites for hydroxylation is 2. The Morgan fingerprint density at radius 1 is 1.26 bits per heavy atom. The summed E-state index contributed by atoms with van der Waals surface area (Å²) in [6, 6.07) is 5.74. The van der Waals surface area contributed by atoms with E-state index in [0.717, 1.165) is 40.6 Å². The zero-order chi connectivity index (χ0) is 13.8. The van der Waals surface area contributed by atoms with Crippen LogP contribution in [0.3, 0.4) is 0 Å². The summed E-state index contributed by atoms with van der Waals surface area (Å²) in [5, 5.41) is 10.3. The fourth-order valence-electron chi connectivity index (χ4n) is 2.56. The SMILES string of the molecule is Cc1ccc(C)c2c(C(=O)O)cc(C3(C)CC3)nc12. The lowest BCUT2D eigenvalue weighted by molar-refractivity contribution is 0.0698. The van der Waals surface area contributed by atoms with Gasteiger partial charge in [0.05, 0.1) is 11.1 Å². The van der Waals surface area contributed by atoms with Crippen LogP contribution in [0.5, 0.6) is 0 Å². The Kier molecular flexibility index (Phi) is 2.43. The highest BCUT2D eigenvalue weighted by atomic mass is 16.4. The standard InChI is InChI=1S/C16H17NO2/c1-9-4-5-10(2)14-13(9)11(15(18)19)8-12(17-14)16(3)6-7-16/h4-5,8H,6-7H2,1-3H3,(H,18,19). The monoisotopic (exact) mass is 255 g/mol. The summed E-state index contributed by atoms with van der Waals surface area (Å²) in [5.74, 6) is -0.869. The van der Waals surface area contributed by atoms with Gasteiger partial charge in [-0.25, -0.2) is 4.79 Å². The first kappa shape index (κ1) is 12.2. The molecule has 1 aliphatic carbocycles. The highest BCUT2D eigenvalue weighted by Gasteiger charge is 2.41. The van der Waals surface area contributed by atoms with Crippen LogP contribution in [0.15, 0.2) is 18.2 Å². The molecule has 3 rings (SSSR count). The molecule has 1 aromatic heterocycles. The normalized spacial score (nSPS) is 16.6. The number of hydrogen-bond acceptors (Lipinski definition) is 2. The molecule has 0 aliphatic heterocycles. The van der Waals surface area contributed by atoms with Crippen molar-refractivity contribution in [3.05, 3.63) is 40.6 Å². The van der Waals surface area contributed by atoms with Crippen LogP contribution in [0, 0.1) is 13.8 Å². The van der Waals surface area contributed by atoms with Gasteiger partial charge in [0, 0.05) is 16.5 Å². The minimum atomic E-state index is -0.869. The van der Waals surface area contributed by atoms with Gasteiger partial charge in [-0.3, -0.25) is 4.98 Å². The Labute approximate surface area is 112 Å². The summed E-state index contributed by atoms with van der Waals surface area (Å²) in [4.78, 5) is 16.3. The van der Waals surface area contributed by atoms with E-state index in [4.69, 9.17) is 4.98 Å². The van der Waals surface area contributed by atoms with E-state index in [1.807, 2.05) is 26.0 Å². The van der Waals surface area contributed by atoms with Crippen molar-refractivity contribution >= 4 is 16.9 Å². The van der Waals surface area contributed by atoms with Crippen LogP contribution in [0.2, 0.25) is 0 Å². The molecule has 1 heterocycles. The first-order valence-corrected chi connectivity index (χ1v) is 6.57. The highest BCUT2D eigenvalue weighted by Crippen LogP contribution is 2.47. The van der Waals surface area contributed by atoms with E-state index in [-0.39, 0.29) is 5.41 Å². The molecule has 98 valence electrons. The lowest BCUT2D eigenvalue weighted by Gasteiger charge is -2.14. The Hall–Kier alpha value is -1.90. The minimum Gasteiger partial charge on any atom is -0.478 e. The first-order chi connectivity index (χ1) is 8.92. The molecule has 0 saturated heterocycles. The molecule has 0 atom stereocenters. The fourth-order valence-corrected chi connectivity index (χ4v) is 2.56. The summed E-state index contributed by atoms with van der Waals surface area (Å²) in [7, 11) is 0. The van der Waals surface area contributed by atoms with E-state index in [0.29, 0.717) is 5.56 Å². The predicted molar refractivity (Wildman–Crippen MR) is 74.8 cm³/mol. The second kappa shape index (κ2) is 3.80. The maximum atomic E-state index is 11.6. The molecule has 0 bridgehead atoms. The third kappa shape index (κ3) is 1.81. The molecule has 1 N–H and O–H groups in total. The van der Waals surface area contributed by atoms with E-state index in [2.05, 4.69) is 6.92 Å². The molecule has 3 heteroatoms. The van der Waals surface area contributed by atoms with Crippen molar-refractivity contribution in [2.75, 3.05) is 0 Å². The zero-order valence-corrected chi connectivity index (χ0v) is 11.4. The molecular formula is C16H17NO2. The number of carboxylic acids is 1. The van der Waals surface area contributed by atoms with Crippen LogP contribution in [-0.2, 0) is 5.41 Å². The van der Waals surface area contributed by atoms with Crippen molar-refractivity contribution in [1.82, 2.24) is 4.98 Å². The van der Waals surface area contributed by atoms with Crippen molar-refractivity contribution in [3.63, 3.8) is 0 Å². The zero-order valence-electron chi connectivity index (χ0n) is 11.4. The lowest BCUT2D eigenvalue weighted by Crippen LogP contribution is -2.09. The van der Waals surface area contributed by atoms with Crippen LogP contribution < -0.4 is 0 Å². The van der Waals surface area contributed by atoms with Crippen LogP contribution in [-0.4, -0.2) is 16.1 Å². The largest absolute Gasteiger partial charge is 0.478 e. The van der Waals surface area contributed by atoms with Crippen LogP contribution in [0.1, 0.15) is 46.9 Å².